The Balaban J connectivity index is 3.30. The van der Waals surface area contributed by atoms with E-state index in [4.69, 9.17) is 0 Å². The minimum Gasteiger partial charge on any atom is -0.207 e. The van der Waals surface area contributed by atoms with Gasteiger partial charge in [0.15, 0.2) is 0 Å². The lowest BCUT2D eigenvalue weighted by Crippen LogP contribution is -2.15. The van der Waals surface area contributed by atoms with Crippen molar-refractivity contribution < 1.29 is 8.78 Å². The summed E-state index contributed by atoms with van der Waals surface area (Å²) >= 11 is 0. The molecule has 0 radical (unpaired) electrons. The van der Waals surface area contributed by atoms with E-state index in [9.17, 15) is 8.78 Å². The van der Waals surface area contributed by atoms with Crippen LogP contribution in [0, 0.1) is 0 Å². The molecule has 0 bridgehead atoms. The zero-order valence-corrected chi connectivity index (χ0v) is 12.4. The van der Waals surface area contributed by atoms with Crippen molar-refractivity contribution in [2.75, 3.05) is 0 Å². The third kappa shape index (κ3) is 12.3. The second-order valence-corrected chi connectivity index (χ2v) is 5.54. The van der Waals surface area contributed by atoms with E-state index in [1.54, 1.807) is 0 Å². The van der Waals surface area contributed by atoms with Gasteiger partial charge in [0.25, 0.3) is 0 Å². The van der Waals surface area contributed by atoms with Crippen LogP contribution in [0.2, 0.25) is 0 Å². The fourth-order valence-electron chi connectivity index (χ4n) is 2.28. The molecule has 110 valence electrons. The molecule has 0 rings (SSSR count). The Hall–Kier alpha value is -0.140. The Morgan fingerprint density at radius 1 is 0.556 bits per heavy atom. The van der Waals surface area contributed by atoms with Crippen LogP contribution in [0.25, 0.3) is 0 Å². The molecule has 0 nitrogen and oxygen atoms in total. The molecule has 0 atom stereocenters. The molecule has 0 heterocycles. The van der Waals surface area contributed by atoms with E-state index >= 15 is 0 Å². The summed E-state index contributed by atoms with van der Waals surface area (Å²) in [5.74, 6) is -2.41. The molecule has 0 aromatic carbocycles. The van der Waals surface area contributed by atoms with Gasteiger partial charge in [-0.05, 0) is 12.8 Å². The summed E-state index contributed by atoms with van der Waals surface area (Å²) in [6.07, 6.45) is 12.0. The predicted octanol–water partition coefficient (Wildman–Crippen LogP) is 6.73. The van der Waals surface area contributed by atoms with Crippen molar-refractivity contribution in [2.45, 2.75) is 103 Å². The summed E-state index contributed by atoms with van der Waals surface area (Å²) in [5.41, 5.74) is 0. The van der Waals surface area contributed by atoms with Gasteiger partial charge in [-0.2, -0.15) is 0 Å². The maximum Gasteiger partial charge on any atom is 0.248 e. The topological polar surface area (TPSA) is 0 Å². The van der Waals surface area contributed by atoms with Crippen molar-refractivity contribution in [3.63, 3.8) is 0 Å². The van der Waals surface area contributed by atoms with Crippen molar-refractivity contribution in [2.24, 2.45) is 0 Å². The molecule has 0 aromatic rings. The average molecular weight is 262 g/mol. The van der Waals surface area contributed by atoms with Crippen molar-refractivity contribution in [1.29, 1.82) is 0 Å². The van der Waals surface area contributed by atoms with Gasteiger partial charge in [-0.3, -0.25) is 0 Å². The molecule has 0 N–H and O–H groups in total. The number of rotatable bonds is 13. The lowest BCUT2D eigenvalue weighted by Gasteiger charge is -2.15. The van der Waals surface area contributed by atoms with Crippen LogP contribution in [0.15, 0.2) is 0 Å². The van der Waals surface area contributed by atoms with E-state index in [1.165, 1.54) is 32.1 Å². The summed E-state index contributed by atoms with van der Waals surface area (Å²) in [4.78, 5) is 0. The molecule has 2 heteroatoms. The second-order valence-electron chi connectivity index (χ2n) is 5.54. The highest BCUT2D eigenvalue weighted by molar-refractivity contribution is 4.66. The van der Waals surface area contributed by atoms with Gasteiger partial charge in [-0.1, -0.05) is 71.6 Å². The van der Waals surface area contributed by atoms with Crippen LogP contribution in [-0.2, 0) is 0 Å². The SMILES string of the molecule is CCCCCCCCCCC(F)(F)CCCCC. The van der Waals surface area contributed by atoms with E-state index in [1.807, 2.05) is 0 Å². The molecule has 0 unspecified atom stereocenters. The lowest BCUT2D eigenvalue weighted by atomic mass is 10.0. The highest BCUT2D eigenvalue weighted by Crippen LogP contribution is 2.28. The minimum atomic E-state index is -2.41. The fourth-order valence-corrected chi connectivity index (χ4v) is 2.28. The number of hydrogen-bond donors (Lipinski definition) is 0. The molecule has 0 amide bonds. The predicted molar refractivity (Wildman–Crippen MR) is 76.3 cm³/mol. The van der Waals surface area contributed by atoms with E-state index in [0.29, 0.717) is 12.8 Å². The van der Waals surface area contributed by atoms with Gasteiger partial charge in [0.2, 0.25) is 5.92 Å². The molecule has 0 aliphatic heterocycles. The van der Waals surface area contributed by atoms with Gasteiger partial charge in [-0.15, -0.1) is 0 Å². The first-order valence-corrected chi connectivity index (χ1v) is 8.00. The van der Waals surface area contributed by atoms with Crippen LogP contribution in [0.4, 0.5) is 8.78 Å². The molecule has 0 saturated carbocycles. The smallest absolute Gasteiger partial charge is 0.207 e. The molecule has 18 heavy (non-hydrogen) atoms. The maximum absolute atomic E-state index is 13.4. The Kier molecular flexibility index (Phi) is 11.8. The monoisotopic (exact) mass is 262 g/mol. The van der Waals surface area contributed by atoms with Crippen molar-refractivity contribution >= 4 is 0 Å². The first-order chi connectivity index (χ1) is 8.62. The van der Waals surface area contributed by atoms with Gasteiger partial charge < -0.3 is 0 Å². The summed E-state index contributed by atoms with van der Waals surface area (Å²) < 4.78 is 26.8. The molecule has 0 aliphatic rings. The van der Waals surface area contributed by atoms with Crippen LogP contribution in [0.1, 0.15) is 97.3 Å². The van der Waals surface area contributed by atoms with Gasteiger partial charge in [0, 0.05) is 12.8 Å². The quantitative estimate of drug-likeness (QED) is 0.323. The standard InChI is InChI=1S/C16H32F2/c1-3-5-7-8-9-10-11-13-15-16(17,18)14-12-6-4-2/h3-15H2,1-2H3. The highest BCUT2D eigenvalue weighted by Gasteiger charge is 2.26. The van der Waals surface area contributed by atoms with E-state index in [2.05, 4.69) is 13.8 Å². The summed E-state index contributed by atoms with van der Waals surface area (Å²) in [6.45, 7) is 4.26. The normalized spacial score (nSPS) is 12.0. The Morgan fingerprint density at radius 2 is 0.889 bits per heavy atom. The van der Waals surface area contributed by atoms with Crippen LogP contribution >= 0.6 is 0 Å². The van der Waals surface area contributed by atoms with Crippen molar-refractivity contribution in [3.05, 3.63) is 0 Å². The zero-order chi connectivity index (χ0) is 13.7. The highest BCUT2D eigenvalue weighted by atomic mass is 19.3. The second kappa shape index (κ2) is 11.9. The third-order valence-electron chi connectivity index (χ3n) is 3.54. The van der Waals surface area contributed by atoms with Crippen molar-refractivity contribution in [1.82, 2.24) is 0 Å². The molecule has 0 aromatic heterocycles. The van der Waals surface area contributed by atoms with Crippen LogP contribution in [-0.4, -0.2) is 5.92 Å². The van der Waals surface area contributed by atoms with E-state index < -0.39 is 5.92 Å². The van der Waals surface area contributed by atoms with Gasteiger partial charge in [0.05, 0.1) is 0 Å². The van der Waals surface area contributed by atoms with Gasteiger partial charge >= 0.3 is 0 Å². The molecular weight excluding hydrogens is 230 g/mol. The van der Waals surface area contributed by atoms with Gasteiger partial charge in [0.1, 0.15) is 0 Å². The summed E-state index contributed by atoms with van der Waals surface area (Å²) in [6, 6.07) is 0. The number of unbranched alkanes of at least 4 members (excludes halogenated alkanes) is 9. The largest absolute Gasteiger partial charge is 0.248 e. The number of hydrogen-bond acceptors (Lipinski definition) is 0. The van der Waals surface area contributed by atoms with Gasteiger partial charge in [-0.25, -0.2) is 8.78 Å². The Morgan fingerprint density at radius 3 is 1.39 bits per heavy atom. The van der Waals surface area contributed by atoms with Crippen molar-refractivity contribution in [3.8, 4) is 0 Å². The Bertz CT molecular complexity index is 166. The minimum absolute atomic E-state index is 0.0946. The maximum atomic E-state index is 13.4. The zero-order valence-electron chi connectivity index (χ0n) is 12.4. The van der Waals surface area contributed by atoms with E-state index in [-0.39, 0.29) is 12.8 Å². The van der Waals surface area contributed by atoms with E-state index in [0.717, 1.165) is 25.7 Å². The Labute approximate surface area is 113 Å². The lowest BCUT2D eigenvalue weighted by molar-refractivity contribution is -0.0205. The third-order valence-corrected chi connectivity index (χ3v) is 3.54. The fraction of sp³-hybridized carbons (Fsp3) is 1.00. The summed E-state index contributed by atoms with van der Waals surface area (Å²) in [7, 11) is 0. The first kappa shape index (κ1) is 17.9. The molecule has 0 fully saturated rings. The summed E-state index contributed by atoms with van der Waals surface area (Å²) in [5, 5.41) is 0. The molecular formula is C16H32F2. The molecule has 0 spiro atoms. The van der Waals surface area contributed by atoms with Crippen LogP contribution in [0.5, 0.6) is 0 Å². The van der Waals surface area contributed by atoms with Crippen LogP contribution < -0.4 is 0 Å². The number of halogens is 2. The first-order valence-electron chi connectivity index (χ1n) is 8.00. The van der Waals surface area contributed by atoms with Crippen LogP contribution in [0.3, 0.4) is 0 Å². The number of alkyl halides is 2. The average Bonchev–Trinajstić information content (AvgIpc) is 2.33. The molecule has 0 saturated heterocycles. The molecule has 0 aliphatic carbocycles.